The van der Waals surface area contributed by atoms with E-state index in [1.807, 2.05) is 55.5 Å². The van der Waals surface area contributed by atoms with Crippen LogP contribution in [0.5, 0.6) is 0 Å². The number of para-hydroxylation sites is 1. The van der Waals surface area contributed by atoms with Crippen molar-refractivity contribution in [1.82, 2.24) is 9.55 Å². The molecule has 0 fully saturated rings. The summed E-state index contributed by atoms with van der Waals surface area (Å²) < 4.78 is 30.3. The van der Waals surface area contributed by atoms with Crippen molar-refractivity contribution in [3.8, 4) is 11.1 Å². The van der Waals surface area contributed by atoms with Gasteiger partial charge in [0, 0.05) is 13.0 Å². The van der Waals surface area contributed by atoms with E-state index < -0.39 is 16.0 Å². The fourth-order valence-electron chi connectivity index (χ4n) is 4.46. The van der Waals surface area contributed by atoms with E-state index in [4.69, 9.17) is 4.98 Å². The lowest BCUT2D eigenvalue weighted by Gasteiger charge is -2.14. The number of sulfonamides is 1. The summed E-state index contributed by atoms with van der Waals surface area (Å²) in [6.07, 6.45) is 4.20. The predicted molar refractivity (Wildman–Crippen MR) is 149 cm³/mol. The van der Waals surface area contributed by atoms with Gasteiger partial charge in [0.1, 0.15) is 5.82 Å². The van der Waals surface area contributed by atoms with Crippen molar-refractivity contribution in [3.05, 3.63) is 83.7 Å². The maximum atomic E-state index is 12.7. The zero-order valence-corrected chi connectivity index (χ0v) is 22.1. The van der Waals surface area contributed by atoms with Gasteiger partial charge in [-0.1, -0.05) is 75.2 Å². The van der Waals surface area contributed by atoms with Crippen molar-refractivity contribution >= 4 is 32.7 Å². The van der Waals surface area contributed by atoms with E-state index in [1.165, 1.54) is 0 Å². The molecule has 0 amide bonds. The Labute approximate surface area is 218 Å². The smallest absolute Gasteiger partial charge is 0.336 e. The summed E-state index contributed by atoms with van der Waals surface area (Å²) in [6.45, 7) is 4.62. The number of aryl methyl sites for hydroxylation is 1. The number of fused-ring (bicyclic) bond motifs is 1. The largest absolute Gasteiger partial charge is 0.478 e. The van der Waals surface area contributed by atoms with Crippen LogP contribution < -0.4 is 4.72 Å². The quantitative estimate of drug-likeness (QED) is 0.228. The molecule has 0 atom stereocenters. The van der Waals surface area contributed by atoms with Crippen molar-refractivity contribution < 1.29 is 18.3 Å². The lowest BCUT2D eigenvalue weighted by Crippen LogP contribution is -2.17. The van der Waals surface area contributed by atoms with Crippen molar-refractivity contribution in [2.24, 2.45) is 0 Å². The first-order chi connectivity index (χ1) is 17.8. The number of carboxylic acid groups (broad SMARTS) is 1. The molecule has 2 N–H and O–H groups in total. The minimum atomic E-state index is -3.47. The number of hydrogen-bond acceptors (Lipinski definition) is 4. The second-order valence-corrected chi connectivity index (χ2v) is 11.1. The summed E-state index contributed by atoms with van der Waals surface area (Å²) in [7, 11) is -3.47. The van der Waals surface area contributed by atoms with Crippen LogP contribution in [0, 0.1) is 0 Å². The average Bonchev–Trinajstić information content (AvgIpc) is 3.24. The molecule has 3 aromatic carbocycles. The number of hydrogen-bond donors (Lipinski definition) is 2. The van der Waals surface area contributed by atoms with Gasteiger partial charge < -0.3 is 9.67 Å². The van der Waals surface area contributed by atoms with Gasteiger partial charge in [0.05, 0.1) is 28.0 Å². The number of aromatic nitrogens is 2. The van der Waals surface area contributed by atoms with Gasteiger partial charge in [0.15, 0.2) is 0 Å². The van der Waals surface area contributed by atoms with E-state index in [1.54, 1.807) is 18.2 Å². The molecule has 8 heteroatoms. The predicted octanol–water partition coefficient (Wildman–Crippen LogP) is 6.33. The molecule has 0 unspecified atom stereocenters. The number of unbranched alkanes of at least 4 members (excludes halogenated alkanes) is 2. The van der Waals surface area contributed by atoms with E-state index in [2.05, 4.69) is 16.2 Å². The molecule has 4 rings (SSSR count). The van der Waals surface area contributed by atoms with Crippen LogP contribution in [-0.4, -0.2) is 34.8 Å². The van der Waals surface area contributed by atoms with Crippen LogP contribution in [0.2, 0.25) is 0 Å². The van der Waals surface area contributed by atoms with E-state index in [0.717, 1.165) is 53.7 Å². The first-order valence-electron chi connectivity index (χ1n) is 12.7. The van der Waals surface area contributed by atoms with Crippen LogP contribution in [0.15, 0.2) is 66.7 Å². The molecule has 194 valence electrons. The van der Waals surface area contributed by atoms with E-state index in [0.29, 0.717) is 24.2 Å². The maximum Gasteiger partial charge on any atom is 0.336 e. The number of anilines is 1. The summed E-state index contributed by atoms with van der Waals surface area (Å²) >= 11 is 0. The van der Waals surface area contributed by atoms with Crippen molar-refractivity contribution in [3.63, 3.8) is 0 Å². The number of nitrogens with one attached hydrogen (secondary N) is 1. The molecule has 37 heavy (non-hydrogen) atoms. The van der Waals surface area contributed by atoms with Crippen LogP contribution >= 0.6 is 0 Å². The second kappa shape index (κ2) is 11.6. The Hall–Kier alpha value is -3.65. The molecule has 0 aliphatic carbocycles. The van der Waals surface area contributed by atoms with Crippen molar-refractivity contribution in [2.75, 3.05) is 10.5 Å². The van der Waals surface area contributed by atoms with Crippen LogP contribution in [0.1, 0.15) is 61.3 Å². The fraction of sp³-hybridized carbons (Fsp3) is 0.310. The maximum absolute atomic E-state index is 12.7. The molecule has 0 bridgehead atoms. The topological polar surface area (TPSA) is 101 Å². The van der Waals surface area contributed by atoms with Gasteiger partial charge in [-0.25, -0.2) is 18.2 Å². The summed E-state index contributed by atoms with van der Waals surface area (Å²) in [4.78, 5) is 16.5. The first-order valence-corrected chi connectivity index (χ1v) is 14.4. The van der Waals surface area contributed by atoms with E-state index in [9.17, 15) is 18.3 Å². The normalized spacial score (nSPS) is 11.6. The number of aromatic carboxylic acids is 1. The minimum absolute atomic E-state index is 0.0794. The summed E-state index contributed by atoms with van der Waals surface area (Å²) in [5, 5.41) is 9.55. The number of imidazole rings is 1. The van der Waals surface area contributed by atoms with Crippen molar-refractivity contribution in [2.45, 2.75) is 52.5 Å². The highest BCUT2D eigenvalue weighted by atomic mass is 32.2. The highest BCUT2D eigenvalue weighted by molar-refractivity contribution is 7.92. The molecule has 0 saturated heterocycles. The lowest BCUT2D eigenvalue weighted by molar-refractivity contribution is 0.0697. The van der Waals surface area contributed by atoms with Crippen LogP contribution in [-0.2, 0) is 23.0 Å². The molecular weight excluding hydrogens is 486 g/mol. The lowest BCUT2D eigenvalue weighted by atomic mass is 9.99. The van der Waals surface area contributed by atoms with Gasteiger partial charge in [-0.15, -0.1) is 0 Å². The molecule has 1 heterocycles. The molecule has 4 aromatic rings. The Morgan fingerprint density at radius 2 is 1.68 bits per heavy atom. The Bertz CT molecular complexity index is 1490. The Kier molecular flexibility index (Phi) is 8.28. The molecule has 0 saturated carbocycles. The summed E-state index contributed by atoms with van der Waals surface area (Å²) in [5.74, 6) is 0.0344. The number of nitrogens with zero attached hydrogens (tertiary/aromatic N) is 2. The minimum Gasteiger partial charge on any atom is -0.478 e. The van der Waals surface area contributed by atoms with Crippen LogP contribution in [0.3, 0.4) is 0 Å². The highest BCUT2D eigenvalue weighted by Gasteiger charge is 2.18. The zero-order chi connectivity index (χ0) is 26.4. The molecule has 0 spiro atoms. The van der Waals surface area contributed by atoms with Gasteiger partial charge in [0.25, 0.3) is 0 Å². The van der Waals surface area contributed by atoms with Crippen molar-refractivity contribution in [1.29, 1.82) is 0 Å². The van der Waals surface area contributed by atoms with E-state index >= 15 is 0 Å². The third-order valence-corrected chi connectivity index (χ3v) is 7.75. The molecule has 1 aromatic heterocycles. The number of benzene rings is 3. The SMILES string of the molecule is CCCCc1nc2cccc(NS(=O)(=O)CCCC)c2n1Cc1ccc(-c2ccccc2C(=O)O)cc1. The van der Waals surface area contributed by atoms with Gasteiger partial charge in [0.2, 0.25) is 10.0 Å². The number of carbonyl (C=O) groups is 1. The van der Waals surface area contributed by atoms with Gasteiger partial charge in [-0.05, 0) is 47.7 Å². The molecule has 0 aliphatic heterocycles. The standard InChI is InChI=1S/C29H33N3O4S/c1-3-5-14-27-30-25-12-9-13-26(31-37(35,36)19-6-4-2)28(25)32(27)20-21-15-17-22(18-16-21)23-10-7-8-11-24(23)29(33)34/h7-13,15-18,31H,3-6,14,19-20H2,1-2H3,(H,33,34). The molecular formula is C29H33N3O4S. The van der Waals surface area contributed by atoms with E-state index in [-0.39, 0.29) is 11.3 Å². The molecule has 7 nitrogen and oxygen atoms in total. The molecule has 0 radical (unpaired) electrons. The Morgan fingerprint density at radius 1 is 0.946 bits per heavy atom. The van der Waals surface area contributed by atoms with Gasteiger partial charge >= 0.3 is 5.97 Å². The molecule has 0 aliphatic rings. The number of carboxylic acids is 1. The third kappa shape index (κ3) is 6.20. The monoisotopic (exact) mass is 519 g/mol. The van der Waals surface area contributed by atoms with Gasteiger partial charge in [-0.3, -0.25) is 4.72 Å². The summed E-state index contributed by atoms with van der Waals surface area (Å²) in [6, 6.07) is 20.3. The first kappa shape index (κ1) is 26.4. The summed E-state index contributed by atoms with van der Waals surface area (Å²) in [5.41, 5.74) is 4.84. The van der Waals surface area contributed by atoms with Gasteiger partial charge in [-0.2, -0.15) is 0 Å². The highest BCUT2D eigenvalue weighted by Crippen LogP contribution is 2.29. The van der Waals surface area contributed by atoms with Crippen LogP contribution in [0.4, 0.5) is 5.69 Å². The fourth-order valence-corrected chi connectivity index (χ4v) is 5.73. The third-order valence-electron chi connectivity index (χ3n) is 6.39. The second-order valence-electron chi connectivity index (χ2n) is 9.21. The number of rotatable bonds is 12. The van der Waals surface area contributed by atoms with Crippen LogP contribution in [0.25, 0.3) is 22.2 Å². The zero-order valence-electron chi connectivity index (χ0n) is 21.3. The average molecular weight is 520 g/mol. The Balaban J connectivity index is 1.72. The Morgan fingerprint density at radius 3 is 2.38 bits per heavy atom.